The third kappa shape index (κ3) is 8.96. The summed E-state index contributed by atoms with van der Waals surface area (Å²) in [6, 6.07) is 27.9. The van der Waals surface area contributed by atoms with Gasteiger partial charge in [-0.25, -0.2) is 8.42 Å². The fourth-order valence-corrected chi connectivity index (χ4v) is 6.24. The minimum atomic E-state index is -3.88. The highest BCUT2D eigenvalue weighted by Gasteiger charge is 2.25. The minimum Gasteiger partial charge on any atom is -0.481 e. The Hall–Kier alpha value is -4.09. The summed E-state index contributed by atoms with van der Waals surface area (Å²) in [6.45, 7) is 4.25. The van der Waals surface area contributed by atoms with Gasteiger partial charge in [0.15, 0.2) is 0 Å². The molecule has 9 nitrogen and oxygen atoms in total. The Kier molecular flexibility index (Phi) is 10.5. The van der Waals surface area contributed by atoms with E-state index >= 15 is 0 Å². The van der Waals surface area contributed by atoms with E-state index < -0.39 is 28.0 Å². The van der Waals surface area contributed by atoms with E-state index in [0.29, 0.717) is 11.3 Å². The number of aliphatic carboxylic acids is 1. The first kappa shape index (κ1) is 32.8. The van der Waals surface area contributed by atoms with Crippen molar-refractivity contribution in [3.8, 4) is 11.1 Å². The van der Waals surface area contributed by atoms with Crippen molar-refractivity contribution < 1.29 is 28.2 Å². The summed E-state index contributed by atoms with van der Waals surface area (Å²) in [7, 11) is -2.43. The lowest BCUT2D eigenvalue weighted by atomic mass is 9.93. The number of carbonyl (C=O) groups is 2. The molecule has 10 heteroatoms. The number of rotatable bonds is 14. The van der Waals surface area contributed by atoms with Gasteiger partial charge < -0.3 is 20.8 Å². The average Bonchev–Trinajstić information content (AvgIpc) is 2.99. The van der Waals surface area contributed by atoms with Crippen molar-refractivity contribution >= 4 is 38.4 Å². The van der Waals surface area contributed by atoms with Crippen molar-refractivity contribution in [2.24, 2.45) is 0 Å². The summed E-state index contributed by atoms with van der Waals surface area (Å²) in [5, 5.41) is 27.9. The number of hydrogen-bond acceptors (Lipinski definition) is 6. The number of carbonyl (C=O) groups excluding carboxylic acids is 1. The number of anilines is 1. The first-order valence-corrected chi connectivity index (χ1v) is 15.9. The van der Waals surface area contributed by atoms with E-state index in [1.165, 1.54) is 29.4 Å². The molecular weight excluding hydrogens is 578 g/mol. The van der Waals surface area contributed by atoms with Gasteiger partial charge >= 0.3 is 5.97 Å². The number of aliphatic hydroxyl groups excluding tert-OH is 1. The summed E-state index contributed by atoms with van der Waals surface area (Å²) >= 11 is 0. The monoisotopic (exact) mass is 617 g/mol. The van der Waals surface area contributed by atoms with Crippen molar-refractivity contribution in [2.75, 3.05) is 25.5 Å². The number of hydrogen-bond donors (Lipinski definition) is 4. The van der Waals surface area contributed by atoms with E-state index in [2.05, 4.69) is 54.8 Å². The molecule has 4 aromatic rings. The predicted octanol–water partition coefficient (Wildman–Crippen LogP) is 4.90. The molecule has 4 N–H and O–H groups in total. The fraction of sp³-hybridized carbons (Fsp3) is 0.294. The molecule has 0 aliphatic rings. The summed E-state index contributed by atoms with van der Waals surface area (Å²) in [4.78, 5) is 22.7. The molecule has 0 spiro atoms. The Labute approximate surface area is 258 Å². The molecule has 0 saturated carbocycles. The van der Waals surface area contributed by atoms with Gasteiger partial charge in [0.05, 0.1) is 17.4 Å². The summed E-state index contributed by atoms with van der Waals surface area (Å²) in [5.41, 5.74) is 2.76. The van der Waals surface area contributed by atoms with Crippen LogP contribution in [-0.2, 0) is 26.0 Å². The number of likely N-dealkylation sites (N-methyl/N-ethyl adjacent to an activating group) is 1. The highest BCUT2D eigenvalue weighted by molar-refractivity contribution is 7.89. The molecule has 1 atom stereocenters. The van der Waals surface area contributed by atoms with Crippen LogP contribution >= 0.6 is 0 Å². The van der Waals surface area contributed by atoms with Gasteiger partial charge in [-0.3, -0.25) is 9.59 Å². The van der Waals surface area contributed by atoms with Crippen LogP contribution in [0.1, 0.15) is 32.3 Å². The largest absolute Gasteiger partial charge is 0.481 e. The summed E-state index contributed by atoms with van der Waals surface area (Å²) in [6.07, 6.45) is -0.564. The lowest BCUT2D eigenvalue weighted by molar-refractivity contribution is -0.138. The third-order valence-electron chi connectivity index (χ3n) is 7.35. The first-order chi connectivity index (χ1) is 20.8. The zero-order chi connectivity index (χ0) is 31.9. The van der Waals surface area contributed by atoms with Gasteiger partial charge in [0, 0.05) is 37.8 Å². The molecule has 0 aromatic heterocycles. The van der Waals surface area contributed by atoms with Crippen LogP contribution in [0, 0.1) is 0 Å². The highest BCUT2D eigenvalue weighted by Crippen LogP contribution is 2.26. The number of benzene rings is 4. The van der Waals surface area contributed by atoms with Gasteiger partial charge in [0.2, 0.25) is 15.9 Å². The second-order valence-corrected chi connectivity index (χ2v) is 13.7. The third-order valence-corrected chi connectivity index (χ3v) is 9.17. The molecule has 0 fully saturated rings. The Morgan fingerprint density at radius 1 is 0.864 bits per heavy atom. The number of β-amino-alcohol motifs (C(OH)–C–C–N with tert-alkyl or cyclic N) is 1. The second-order valence-electron chi connectivity index (χ2n) is 11.6. The number of nitrogens with zero attached hydrogens (tertiary/aromatic N) is 1. The van der Waals surface area contributed by atoms with Crippen LogP contribution in [0.25, 0.3) is 21.9 Å². The number of fused-ring (bicyclic) bond motifs is 1. The Balaban J connectivity index is 1.34. The van der Waals surface area contributed by atoms with Gasteiger partial charge in [0.1, 0.15) is 0 Å². The Morgan fingerprint density at radius 2 is 1.57 bits per heavy atom. The maximum Gasteiger partial charge on any atom is 0.303 e. The first-order valence-electron chi connectivity index (χ1n) is 14.4. The van der Waals surface area contributed by atoms with Gasteiger partial charge in [0.25, 0.3) is 0 Å². The molecule has 0 saturated heterocycles. The number of nitrogens with one attached hydrogen (secondary N) is 2. The van der Waals surface area contributed by atoms with Crippen molar-refractivity contribution in [2.45, 2.75) is 49.6 Å². The van der Waals surface area contributed by atoms with Crippen LogP contribution in [0.3, 0.4) is 0 Å². The number of carboxylic acids is 1. The second kappa shape index (κ2) is 14.1. The maximum atomic E-state index is 13.4. The molecule has 0 unspecified atom stereocenters. The highest BCUT2D eigenvalue weighted by atomic mass is 32.2. The zero-order valence-corrected chi connectivity index (χ0v) is 26.0. The maximum absolute atomic E-state index is 13.4. The molecule has 44 heavy (non-hydrogen) atoms. The standard InChI is InChI=1S/C34H39N3O6S/c1-34(2,21-24-11-12-25-7-4-5-8-27(25)19-24)35-22-30(38)23-37(3)44(42,43)31-10-6-9-28(20-31)26-13-15-29(16-14-26)36-32(39)17-18-33(40)41/h4-16,19-20,30,35,38H,17-18,21-23H2,1-3H3,(H,36,39)(H,40,41)/t30-/m0/s1. The van der Waals surface area contributed by atoms with Crippen molar-refractivity contribution in [3.05, 3.63) is 96.6 Å². The molecule has 4 aromatic carbocycles. The van der Waals surface area contributed by atoms with Gasteiger partial charge in [-0.15, -0.1) is 0 Å². The molecule has 4 rings (SSSR count). The Bertz CT molecular complexity index is 1720. The normalized spacial score (nSPS) is 12.8. The minimum absolute atomic E-state index is 0.0815. The zero-order valence-electron chi connectivity index (χ0n) is 25.2. The molecule has 0 heterocycles. The topological polar surface area (TPSA) is 136 Å². The van der Waals surface area contributed by atoms with Crippen LogP contribution in [0.5, 0.6) is 0 Å². The van der Waals surface area contributed by atoms with Crippen LogP contribution in [0.2, 0.25) is 0 Å². The number of sulfonamides is 1. The van der Waals surface area contributed by atoms with Crippen LogP contribution in [-0.4, -0.2) is 66.6 Å². The summed E-state index contributed by atoms with van der Waals surface area (Å²) in [5.74, 6) is -1.44. The molecule has 1 amide bonds. The van der Waals surface area contributed by atoms with E-state index in [0.717, 1.165) is 16.3 Å². The van der Waals surface area contributed by atoms with E-state index in [4.69, 9.17) is 5.11 Å². The molecule has 0 bridgehead atoms. The van der Waals surface area contributed by atoms with Crippen LogP contribution < -0.4 is 10.6 Å². The van der Waals surface area contributed by atoms with Crippen molar-refractivity contribution in [1.82, 2.24) is 9.62 Å². The number of aliphatic hydroxyl groups is 1. The van der Waals surface area contributed by atoms with E-state index in [1.54, 1.807) is 42.5 Å². The molecule has 232 valence electrons. The van der Waals surface area contributed by atoms with Crippen molar-refractivity contribution in [1.29, 1.82) is 0 Å². The molecule has 0 radical (unpaired) electrons. The average molecular weight is 618 g/mol. The fourth-order valence-electron chi connectivity index (χ4n) is 4.98. The lowest BCUT2D eigenvalue weighted by Crippen LogP contribution is -2.47. The van der Waals surface area contributed by atoms with Gasteiger partial charge in [-0.05, 0) is 72.0 Å². The van der Waals surface area contributed by atoms with Gasteiger partial charge in [-0.1, -0.05) is 66.7 Å². The Morgan fingerprint density at radius 3 is 2.27 bits per heavy atom. The van der Waals surface area contributed by atoms with E-state index in [9.17, 15) is 23.1 Å². The van der Waals surface area contributed by atoms with E-state index in [1.807, 2.05) is 12.1 Å². The smallest absolute Gasteiger partial charge is 0.303 e. The molecule has 0 aliphatic heterocycles. The van der Waals surface area contributed by atoms with Crippen LogP contribution in [0.15, 0.2) is 95.9 Å². The number of carboxylic acid groups (broad SMARTS) is 1. The van der Waals surface area contributed by atoms with Crippen LogP contribution in [0.4, 0.5) is 5.69 Å². The van der Waals surface area contributed by atoms with E-state index in [-0.39, 0.29) is 36.4 Å². The van der Waals surface area contributed by atoms with Gasteiger partial charge in [-0.2, -0.15) is 4.31 Å². The number of amides is 1. The molecule has 0 aliphatic carbocycles. The molecular formula is C34H39N3O6S. The predicted molar refractivity (Wildman–Crippen MR) is 173 cm³/mol. The van der Waals surface area contributed by atoms with Crippen molar-refractivity contribution in [3.63, 3.8) is 0 Å². The summed E-state index contributed by atoms with van der Waals surface area (Å²) < 4.78 is 27.9. The lowest BCUT2D eigenvalue weighted by Gasteiger charge is -2.29. The quantitative estimate of drug-likeness (QED) is 0.158. The SMILES string of the molecule is CN(C[C@@H](O)CNC(C)(C)Cc1ccc2ccccc2c1)S(=O)(=O)c1cccc(-c2ccc(NC(=O)CCC(=O)O)cc2)c1.